The summed E-state index contributed by atoms with van der Waals surface area (Å²) in [6.07, 6.45) is 1.03. The second-order valence-electron chi connectivity index (χ2n) is 10.6. The molecule has 5 heterocycles. The molecule has 3 fully saturated rings. The van der Waals surface area contributed by atoms with Crippen LogP contribution in [0.1, 0.15) is 46.8 Å². The van der Waals surface area contributed by atoms with Gasteiger partial charge >= 0.3 is 0 Å². The van der Waals surface area contributed by atoms with E-state index >= 15 is 4.39 Å². The Morgan fingerprint density at radius 1 is 1.28 bits per heavy atom. The highest BCUT2D eigenvalue weighted by molar-refractivity contribution is 6.33. The number of aliphatic hydroxyl groups is 1. The number of aromatic amines is 1. The summed E-state index contributed by atoms with van der Waals surface area (Å²) >= 11 is 6.53. The van der Waals surface area contributed by atoms with E-state index in [2.05, 4.69) is 20.3 Å². The van der Waals surface area contributed by atoms with Crippen molar-refractivity contribution < 1.29 is 28.5 Å². The zero-order valence-corrected chi connectivity index (χ0v) is 21.7. The number of likely N-dealkylation sites (tertiary alicyclic amines) is 1. The number of nitrogens with two attached hydrogens (primary N) is 1. The number of rotatable bonds is 5. The summed E-state index contributed by atoms with van der Waals surface area (Å²) < 4.78 is 32.4. The number of carbonyl (C=O) groups excluding carboxylic acids is 1. The molecule has 2 aromatic heterocycles. The number of aliphatic hydroxyl groups excluding tert-OH is 1. The van der Waals surface area contributed by atoms with Gasteiger partial charge < -0.3 is 34.5 Å². The summed E-state index contributed by atoms with van der Waals surface area (Å²) in [6.45, 7) is 1.63. The molecule has 3 aliphatic heterocycles. The summed E-state index contributed by atoms with van der Waals surface area (Å²) in [5.74, 6) is -0.170. The van der Waals surface area contributed by atoms with Crippen LogP contribution in [0.25, 0.3) is 11.2 Å². The summed E-state index contributed by atoms with van der Waals surface area (Å²) in [5, 5.41) is 13.6. The Morgan fingerprint density at radius 2 is 2.10 bits per heavy atom. The van der Waals surface area contributed by atoms with E-state index in [-0.39, 0.29) is 31.2 Å². The van der Waals surface area contributed by atoms with E-state index in [1.165, 1.54) is 6.07 Å². The minimum atomic E-state index is -1.28. The minimum absolute atomic E-state index is 0.0638. The number of aryl methyl sites for hydroxylation is 1. The Bertz CT molecular complexity index is 1460. The molecule has 1 amide bonds. The zero-order chi connectivity index (χ0) is 26.9. The number of amides is 1. The van der Waals surface area contributed by atoms with Gasteiger partial charge in [-0.15, -0.1) is 0 Å². The number of aromatic nitrogens is 3. The first-order valence-electron chi connectivity index (χ1n) is 13.1. The quantitative estimate of drug-likeness (QED) is 0.370. The molecule has 7 rings (SSSR count). The Kier molecular flexibility index (Phi) is 5.94. The van der Waals surface area contributed by atoms with E-state index in [0.717, 1.165) is 18.4 Å². The Balaban J connectivity index is 1.10. The molecule has 5 N–H and O–H groups in total. The Labute approximate surface area is 227 Å². The van der Waals surface area contributed by atoms with Gasteiger partial charge in [0.25, 0.3) is 11.9 Å². The van der Waals surface area contributed by atoms with Crippen LogP contribution in [0.3, 0.4) is 0 Å². The average Bonchev–Trinajstić information content (AvgIpc) is 3.72. The van der Waals surface area contributed by atoms with E-state index in [9.17, 15) is 9.90 Å². The number of hydrogen-bond acceptors (Lipinski definition) is 9. The first kappa shape index (κ1) is 25.0. The molecule has 1 aromatic carbocycles. The predicted octanol–water partition coefficient (Wildman–Crippen LogP) is 2.28. The van der Waals surface area contributed by atoms with Crippen LogP contribution in [0.4, 0.5) is 10.2 Å². The van der Waals surface area contributed by atoms with Gasteiger partial charge in [-0.25, -0.2) is 9.37 Å². The Morgan fingerprint density at radius 3 is 2.92 bits per heavy atom. The van der Waals surface area contributed by atoms with Gasteiger partial charge in [0, 0.05) is 24.2 Å². The predicted molar refractivity (Wildman–Crippen MR) is 138 cm³/mol. The molecule has 1 unspecified atom stereocenters. The second kappa shape index (κ2) is 9.27. The number of benzene rings is 1. The smallest absolute Gasteiger partial charge is 0.296 e. The van der Waals surface area contributed by atoms with Crippen molar-refractivity contribution in [2.75, 3.05) is 31.6 Å². The van der Waals surface area contributed by atoms with Crippen LogP contribution in [0.5, 0.6) is 6.01 Å². The molecule has 3 aromatic rings. The number of nitrogens with zero attached hydrogens (tertiary/aromatic N) is 3. The molecule has 0 spiro atoms. The van der Waals surface area contributed by atoms with Gasteiger partial charge in [-0.05, 0) is 49.4 Å². The monoisotopic (exact) mass is 558 g/mol. The normalized spacial score (nSPS) is 29.7. The molecule has 0 radical (unpaired) electrons. The number of pyridine rings is 1. The third kappa shape index (κ3) is 4.13. The number of fused-ring (bicyclic) bond motifs is 3. The van der Waals surface area contributed by atoms with Crippen LogP contribution in [-0.4, -0.2) is 81.2 Å². The lowest BCUT2D eigenvalue weighted by atomic mass is 10.0. The summed E-state index contributed by atoms with van der Waals surface area (Å²) in [7, 11) is 0. The molecular weight excluding hydrogens is 531 g/mol. The van der Waals surface area contributed by atoms with Gasteiger partial charge in [-0.1, -0.05) is 11.6 Å². The van der Waals surface area contributed by atoms with Crippen molar-refractivity contribution in [1.82, 2.24) is 19.9 Å². The van der Waals surface area contributed by atoms with Crippen molar-refractivity contribution in [2.24, 2.45) is 5.73 Å². The number of carbonyl (C=O) groups is 1. The maximum Gasteiger partial charge on any atom is 0.296 e. The van der Waals surface area contributed by atoms with Gasteiger partial charge in [0.1, 0.15) is 23.8 Å². The minimum Gasteiger partial charge on any atom is -0.454 e. The summed E-state index contributed by atoms with van der Waals surface area (Å²) in [4.78, 5) is 26.6. The van der Waals surface area contributed by atoms with Crippen LogP contribution < -0.4 is 15.8 Å². The molecule has 0 bridgehead atoms. The van der Waals surface area contributed by atoms with Gasteiger partial charge in [-0.2, -0.15) is 4.98 Å². The number of nitrogens with one attached hydrogen (secondary N) is 2. The molecule has 4 aliphatic rings. The molecule has 13 heteroatoms. The molecule has 206 valence electrons. The van der Waals surface area contributed by atoms with E-state index in [1.54, 1.807) is 11.0 Å². The van der Waals surface area contributed by atoms with Gasteiger partial charge in [0.2, 0.25) is 0 Å². The number of halogens is 2. The summed E-state index contributed by atoms with van der Waals surface area (Å²) in [6, 6.07) is 4.61. The van der Waals surface area contributed by atoms with Crippen molar-refractivity contribution in [1.29, 1.82) is 0 Å². The molecule has 5 atom stereocenters. The maximum absolute atomic E-state index is 15.3. The van der Waals surface area contributed by atoms with E-state index < -0.39 is 29.9 Å². The topological polar surface area (TPSA) is 148 Å². The molecular formula is C26H28ClFN6O5. The molecule has 11 nitrogen and oxygen atoms in total. The fourth-order valence-electron chi connectivity index (χ4n) is 6.10. The van der Waals surface area contributed by atoms with Crippen LogP contribution in [0.15, 0.2) is 18.2 Å². The number of ether oxygens (including phenoxy) is 3. The molecule has 1 aliphatic carbocycles. The molecule has 39 heavy (non-hydrogen) atoms. The fourth-order valence-corrected chi connectivity index (χ4v) is 6.31. The first-order valence-corrected chi connectivity index (χ1v) is 13.5. The lowest BCUT2D eigenvalue weighted by molar-refractivity contribution is -0.0647. The first-order chi connectivity index (χ1) is 18.8. The number of H-pyrrole nitrogens is 1. The molecule has 0 saturated carbocycles. The van der Waals surface area contributed by atoms with Gasteiger partial charge in [0.05, 0.1) is 29.8 Å². The SMILES string of the molecule is N[C@]12OC[C@@H](O)[C@H]1OC[C@H]2Oc1nc2nc(NC3CCc4cc(C(=O)N5CCCC5)cc(F)c43)c(Cl)cc2[nH]1. The van der Waals surface area contributed by atoms with Crippen LogP contribution in [0, 0.1) is 5.82 Å². The lowest BCUT2D eigenvalue weighted by Crippen LogP contribution is -2.57. The van der Waals surface area contributed by atoms with Gasteiger partial charge in [0.15, 0.2) is 17.5 Å². The fraction of sp³-hybridized carbons (Fsp3) is 0.500. The third-order valence-electron chi connectivity index (χ3n) is 8.10. The standard InChI is InChI=1S/C26H28ClFN6O5/c27-14-9-17-23(33-25(31-17)39-19-11-37-21-18(35)10-38-26(19,21)29)32-22(14)30-16-4-3-12-7-13(8-15(28)20(12)16)24(36)34-5-1-2-6-34/h7-9,16,18-19,21,35H,1-6,10-11,29H2,(H2,30,31,32,33)/t16?,18-,19-,21-,26-/m1/s1. The lowest BCUT2D eigenvalue weighted by Gasteiger charge is -2.27. The maximum atomic E-state index is 15.3. The largest absolute Gasteiger partial charge is 0.454 e. The van der Waals surface area contributed by atoms with E-state index in [0.29, 0.717) is 59.1 Å². The van der Waals surface area contributed by atoms with Crippen LogP contribution >= 0.6 is 11.6 Å². The van der Waals surface area contributed by atoms with Gasteiger partial charge in [-0.3, -0.25) is 10.5 Å². The highest BCUT2D eigenvalue weighted by Crippen LogP contribution is 2.39. The number of imidazole rings is 1. The van der Waals surface area contributed by atoms with Crippen molar-refractivity contribution in [3.8, 4) is 6.01 Å². The van der Waals surface area contributed by atoms with Crippen molar-refractivity contribution in [3.63, 3.8) is 0 Å². The van der Waals surface area contributed by atoms with Crippen molar-refractivity contribution >= 4 is 34.5 Å². The third-order valence-corrected chi connectivity index (χ3v) is 8.39. The van der Waals surface area contributed by atoms with E-state index in [4.69, 9.17) is 31.5 Å². The number of hydrogen-bond donors (Lipinski definition) is 4. The Hall–Kier alpha value is -3.03. The zero-order valence-electron chi connectivity index (χ0n) is 21.0. The van der Waals surface area contributed by atoms with Crippen LogP contribution in [-0.2, 0) is 15.9 Å². The molecule has 3 saturated heterocycles. The van der Waals surface area contributed by atoms with Crippen molar-refractivity contribution in [3.05, 3.63) is 45.7 Å². The summed E-state index contributed by atoms with van der Waals surface area (Å²) in [5.41, 5.74) is 7.65. The highest BCUT2D eigenvalue weighted by Gasteiger charge is 2.59. The average molecular weight is 559 g/mol. The number of anilines is 1. The highest BCUT2D eigenvalue weighted by atomic mass is 35.5. The second-order valence-corrected chi connectivity index (χ2v) is 11.0. The van der Waals surface area contributed by atoms with E-state index in [1.807, 2.05) is 6.07 Å². The van der Waals surface area contributed by atoms with Crippen LogP contribution in [0.2, 0.25) is 5.02 Å². The van der Waals surface area contributed by atoms with Crippen molar-refractivity contribution in [2.45, 2.75) is 55.8 Å².